The average Bonchev–Trinajstić information content (AvgIpc) is 3.32. The molecule has 5 amide bonds. The second-order valence-corrected chi connectivity index (χ2v) is 9.10. The first-order chi connectivity index (χ1) is 13.8. The van der Waals surface area contributed by atoms with Gasteiger partial charge in [-0.05, 0) is 38.6 Å². The molecule has 2 bridgehead atoms. The lowest BCUT2D eigenvalue weighted by molar-refractivity contribution is -0.120. The van der Waals surface area contributed by atoms with Gasteiger partial charge in [-0.1, -0.05) is 36.4 Å². The topological polar surface area (TPSA) is 73.0 Å². The number of piperazine rings is 1. The van der Waals surface area contributed by atoms with Crippen LogP contribution in [0.5, 0.6) is 0 Å². The lowest BCUT2D eigenvalue weighted by Crippen LogP contribution is -2.59. The SMILES string of the molecule is CC(C)(C)NC(=O)N1C[C@H]2CC1[C@@H]1C(=O)N(c3cccc4ccccc34)C(=O)N21. The number of benzene rings is 2. The molecule has 3 fully saturated rings. The van der Waals surface area contributed by atoms with Gasteiger partial charge in [-0.15, -0.1) is 0 Å². The minimum absolute atomic E-state index is 0.118. The molecule has 3 heterocycles. The number of anilines is 1. The summed E-state index contributed by atoms with van der Waals surface area (Å²) in [5.74, 6) is -0.243. The second kappa shape index (κ2) is 5.95. The molecule has 3 atom stereocenters. The third-order valence-electron chi connectivity index (χ3n) is 6.01. The van der Waals surface area contributed by atoms with E-state index in [1.807, 2.05) is 63.2 Å². The van der Waals surface area contributed by atoms with E-state index in [1.165, 1.54) is 4.90 Å². The molecule has 7 nitrogen and oxygen atoms in total. The van der Waals surface area contributed by atoms with Crippen LogP contribution in [0, 0.1) is 0 Å². The van der Waals surface area contributed by atoms with E-state index in [0.29, 0.717) is 18.7 Å². The van der Waals surface area contributed by atoms with E-state index >= 15 is 0 Å². The van der Waals surface area contributed by atoms with Crippen molar-refractivity contribution >= 4 is 34.4 Å². The number of imide groups is 1. The molecule has 0 aliphatic carbocycles. The third kappa shape index (κ3) is 2.60. The summed E-state index contributed by atoms with van der Waals surface area (Å²) in [6.45, 7) is 6.25. The third-order valence-corrected chi connectivity index (χ3v) is 6.01. The van der Waals surface area contributed by atoms with Gasteiger partial charge in [-0.2, -0.15) is 0 Å². The zero-order chi connectivity index (χ0) is 20.5. The van der Waals surface area contributed by atoms with Gasteiger partial charge in [0.2, 0.25) is 0 Å². The molecular weight excluding hydrogens is 368 g/mol. The summed E-state index contributed by atoms with van der Waals surface area (Å²) in [4.78, 5) is 44.1. The maximum Gasteiger partial charge on any atom is 0.332 e. The van der Waals surface area contributed by atoms with Crippen LogP contribution in [0.15, 0.2) is 42.5 Å². The van der Waals surface area contributed by atoms with Gasteiger partial charge >= 0.3 is 12.1 Å². The first-order valence-electron chi connectivity index (χ1n) is 9.99. The van der Waals surface area contributed by atoms with E-state index < -0.39 is 6.04 Å². The monoisotopic (exact) mass is 392 g/mol. The summed E-state index contributed by atoms with van der Waals surface area (Å²) in [6.07, 6.45) is 0.656. The number of carbonyl (C=O) groups is 3. The van der Waals surface area contributed by atoms with Crippen LogP contribution in [-0.4, -0.2) is 58.0 Å². The van der Waals surface area contributed by atoms with Gasteiger partial charge < -0.3 is 15.1 Å². The van der Waals surface area contributed by atoms with Crippen molar-refractivity contribution < 1.29 is 14.4 Å². The molecule has 0 saturated carbocycles. The fraction of sp³-hybridized carbons (Fsp3) is 0.409. The Labute approximate surface area is 169 Å². The number of hydrogen-bond acceptors (Lipinski definition) is 3. The van der Waals surface area contributed by atoms with Crippen molar-refractivity contribution in [3.8, 4) is 0 Å². The predicted molar refractivity (Wildman–Crippen MR) is 110 cm³/mol. The lowest BCUT2D eigenvalue weighted by Gasteiger charge is -2.36. The zero-order valence-corrected chi connectivity index (χ0v) is 16.8. The summed E-state index contributed by atoms with van der Waals surface area (Å²) >= 11 is 0. The van der Waals surface area contributed by atoms with E-state index in [1.54, 1.807) is 9.80 Å². The lowest BCUT2D eigenvalue weighted by atomic mass is 10.1. The van der Waals surface area contributed by atoms with E-state index in [0.717, 1.165) is 10.8 Å². The highest BCUT2D eigenvalue weighted by atomic mass is 16.2. The molecule has 0 aromatic heterocycles. The normalized spacial score (nSPS) is 25.9. The van der Waals surface area contributed by atoms with Gasteiger partial charge in [0.05, 0.1) is 17.8 Å². The van der Waals surface area contributed by atoms with Crippen molar-refractivity contribution in [2.24, 2.45) is 0 Å². The molecule has 1 unspecified atom stereocenters. The number of nitrogens with one attached hydrogen (secondary N) is 1. The second-order valence-electron chi connectivity index (χ2n) is 9.10. The van der Waals surface area contributed by atoms with E-state index in [4.69, 9.17) is 0 Å². The Morgan fingerprint density at radius 2 is 1.79 bits per heavy atom. The van der Waals surface area contributed by atoms with Crippen LogP contribution in [-0.2, 0) is 4.79 Å². The summed E-state index contributed by atoms with van der Waals surface area (Å²) in [5.41, 5.74) is 0.251. The van der Waals surface area contributed by atoms with Crippen LogP contribution >= 0.6 is 0 Å². The molecular formula is C22H24N4O3. The number of urea groups is 2. The maximum absolute atomic E-state index is 13.4. The van der Waals surface area contributed by atoms with Gasteiger partial charge in [0.1, 0.15) is 6.04 Å². The van der Waals surface area contributed by atoms with Gasteiger partial charge in [-0.3, -0.25) is 4.79 Å². The minimum Gasteiger partial charge on any atom is -0.333 e. The number of rotatable bonds is 1. The Morgan fingerprint density at radius 1 is 1.07 bits per heavy atom. The fourth-order valence-electron chi connectivity index (χ4n) is 4.91. The van der Waals surface area contributed by atoms with Crippen molar-refractivity contribution in [2.75, 3.05) is 11.4 Å². The summed E-state index contributed by atoms with van der Waals surface area (Å²) in [5, 5.41) is 4.82. The quantitative estimate of drug-likeness (QED) is 0.759. The Balaban J connectivity index is 1.48. The molecule has 29 heavy (non-hydrogen) atoms. The van der Waals surface area contributed by atoms with Crippen LogP contribution in [0.3, 0.4) is 0 Å². The number of carbonyl (C=O) groups excluding carboxylic acids is 3. The van der Waals surface area contributed by atoms with Crippen molar-refractivity contribution in [1.82, 2.24) is 15.1 Å². The van der Waals surface area contributed by atoms with Crippen molar-refractivity contribution in [3.05, 3.63) is 42.5 Å². The molecule has 3 saturated heterocycles. The summed E-state index contributed by atoms with van der Waals surface area (Å²) in [7, 11) is 0. The Hall–Kier alpha value is -3.09. The van der Waals surface area contributed by atoms with Gasteiger partial charge in [-0.25, -0.2) is 14.5 Å². The van der Waals surface area contributed by atoms with Crippen molar-refractivity contribution in [2.45, 2.75) is 50.9 Å². The average molecular weight is 392 g/mol. The minimum atomic E-state index is -0.606. The highest BCUT2D eigenvalue weighted by Gasteiger charge is 2.63. The van der Waals surface area contributed by atoms with Crippen LogP contribution in [0.25, 0.3) is 10.8 Å². The van der Waals surface area contributed by atoms with Crippen molar-refractivity contribution in [3.63, 3.8) is 0 Å². The van der Waals surface area contributed by atoms with E-state index in [-0.39, 0.29) is 35.6 Å². The largest absolute Gasteiger partial charge is 0.333 e. The van der Waals surface area contributed by atoms with Crippen molar-refractivity contribution in [1.29, 1.82) is 0 Å². The van der Waals surface area contributed by atoms with E-state index in [2.05, 4.69) is 5.32 Å². The molecule has 5 rings (SSSR count). The number of hydrogen-bond donors (Lipinski definition) is 1. The summed E-state index contributed by atoms with van der Waals surface area (Å²) in [6, 6.07) is 11.9. The number of likely N-dealkylation sites (tertiary alicyclic amines) is 1. The molecule has 0 radical (unpaired) electrons. The first-order valence-corrected chi connectivity index (χ1v) is 9.99. The fourth-order valence-corrected chi connectivity index (χ4v) is 4.91. The summed E-state index contributed by atoms with van der Waals surface area (Å²) < 4.78 is 0. The molecule has 1 N–H and O–H groups in total. The number of nitrogens with zero attached hydrogens (tertiary/aromatic N) is 3. The van der Waals surface area contributed by atoms with E-state index in [9.17, 15) is 14.4 Å². The Morgan fingerprint density at radius 3 is 2.55 bits per heavy atom. The van der Waals surface area contributed by atoms with Gasteiger partial charge in [0.25, 0.3) is 5.91 Å². The highest BCUT2D eigenvalue weighted by molar-refractivity contribution is 6.25. The smallest absolute Gasteiger partial charge is 0.332 e. The standard InChI is InChI=1S/C22H24N4O3/c1-22(2,3)23-20(28)24-12-14-11-17(24)18-19(27)26(21(29)25(14)18)16-10-6-8-13-7-4-5-9-15(13)16/h4-10,14,17-18H,11-12H2,1-3H3,(H,23,28)/t14-,17?,18-/m1/s1. The molecule has 3 aliphatic heterocycles. The Kier molecular flexibility index (Phi) is 3.69. The van der Waals surface area contributed by atoms with Gasteiger partial charge in [0, 0.05) is 17.5 Å². The molecule has 3 aliphatic rings. The van der Waals surface area contributed by atoms with Crippen LogP contribution in [0.2, 0.25) is 0 Å². The Bertz CT molecular complexity index is 1040. The zero-order valence-electron chi connectivity index (χ0n) is 16.8. The number of amides is 5. The predicted octanol–water partition coefficient (Wildman–Crippen LogP) is 2.94. The van der Waals surface area contributed by atoms with Crippen LogP contribution in [0.4, 0.5) is 15.3 Å². The van der Waals surface area contributed by atoms with Crippen LogP contribution in [0.1, 0.15) is 27.2 Å². The highest BCUT2D eigenvalue weighted by Crippen LogP contribution is 2.43. The van der Waals surface area contributed by atoms with Gasteiger partial charge in [0.15, 0.2) is 0 Å². The van der Waals surface area contributed by atoms with Crippen LogP contribution < -0.4 is 10.2 Å². The molecule has 7 heteroatoms. The molecule has 2 aromatic rings. The first kappa shape index (κ1) is 18.0. The molecule has 0 spiro atoms. The number of fused-ring (bicyclic) bond motifs is 6. The molecule has 2 aromatic carbocycles. The maximum atomic E-state index is 13.4. The molecule has 150 valence electrons.